The number of nitrogens with two attached hydrogens (primary N) is 1. The van der Waals surface area contributed by atoms with E-state index in [0.717, 1.165) is 0 Å². The lowest BCUT2D eigenvalue weighted by molar-refractivity contribution is 0.327. The summed E-state index contributed by atoms with van der Waals surface area (Å²) in [4.78, 5) is 0. The van der Waals surface area contributed by atoms with E-state index in [9.17, 15) is 8.42 Å². The van der Waals surface area contributed by atoms with Crippen molar-refractivity contribution in [2.24, 2.45) is 5.73 Å². The van der Waals surface area contributed by atoms with Crippen molar-refractivity contribution < 1.29 is 12.6 Å². The third-order valence-corrected chi connectivity index (χ3v) is 2.78. The Morgan fingerprint density at radius 1 is 1.21 bits per heavy atom. The third-order valence-electron chi connectivity index (χ3n) is 1.57. The molecule has 5 heteroatoms. The van der Waals surface area contributed by atoms with Crippen molar-refractivity contribution in [3.8, 4) is 0 Å². The van der Waals surface area contributed by atoms with Crippen LogP contribution in [0.5, 0.6) is 0 Å². The molecular weight excluding hydrogens is 202 g/mol. The normalized spacial score (nSPS) is 11.5. The largest absolute Gasteiger partial charge is 0.328 e. The molecule has 1 aromatic carbocycles. The van der Waals surface area contributed by atoms with Crippen LogP contribution < -0.4 is 5.73 Å². The van der Waals surface area contributed by atoms with E-state index in [0.29, 0.717) is 5.56 Å². The van der Waals surface area contributed by atoms with E-state index in [1.54, 1.807) is 24.3 Å². The van der Waals surface area contributed by atoms with Gasteiger partial charge in [0.05, 0.1) is 6.61 Å². The van der Waals surface area contributed by atoms with Crippen LogP contribution in [0.3, 0.4) is 0 Å². The van der Waals surface area contributed by atoms with E-state index in [4.69, 9.17) is 5.73 Å². The molecule has 0 amide bonds. The number of hydrogen-bond donors (Lipinski definition) is 1. The lowest BCUT2D eigenvalue weighted by atomic mass is 10.2. The van der Waals surface area contributed by atoms with Gasteiger partial charge in [0.15, 0.2) is 0 Å². The first-order valence-electron chi connectivity index (χ1n) is 4.25. The summed E-state index contributed by atoms with van der Waals surface area (Å²) in [5, 5.41) is 0. The van der Waals surface area contributed by atoms with Gasteiger partial charge in [0.2, 0.25) is 0 Å². The lowest BCUT2D eigenvalue weighted by Crippen LogP contribution is -2.15. The van der Waals surface area contributed by atoms with Gasteiger partial charge >= 0.3 is 0 Å². The molecule has 78 valence electrons. The zero-order chi connectivity index (χ0) is 10.4. The van der Waals surface area contributed by atoms with Gasteiger partial charge in [-0.05, 0) is 5.56 Å². The highest BCUT2D eigenvalue weighted by molar-refractivity contribution is 7.85. The van der Waals surface area contributed by atoms with E-state index < -0.39 is 10.1 Å². The Kier molecular flexibility index (Phi) is 4.06. The molecule has 2 N–H and O–H groups in total. The first-order valence-corrected chi connectivity index (χ1v) is 5.83. The minimum absolute atomic E-state index is 0.0369. The van der Waals surface area contributed by atoms with Gasteiger partial charge in [-0.15, -0.1) is 0 Å². The number of benzene rings is 1. The summed E-state index contributed by atoms with van der Waals surface area (Å²) in [6.07, 6.45) is 0. The highest BCUT2D eigenvalue weighted by atomic mass is 32.2. The van der Waals surface area contributed by atoms with E-state index in [1.165, 1.54) is 0 Å². The Bertz CT molecular complexity index is 361. The van der Waals surface area contributed by atoms with Gasteiger partial charge in [-0.1, -0.05) is 30.3 Å². The molecule has 14 heavy (non-hydrogen) atoms. The maximum atomic E-state index is 11.3. The standard InChI is InChI=1S/C9H13NO3S/c10-6-7-13-14(11,12)8-9-4-2-1-3-5-9/h1-5H,6-8,10H2. The maximum absolute atomic E-state index is 11.3. The van der Waals surface area contributed by atoms with Gasteiger partial charge in [-0.3, -0.25) is 4.18 Å². The van der Waals surface area contributed by atoms with Crippen LogP contribution in [0.4, 0.5) is 0 Å². The summed E-state index contributed by atoms with van der Waals surface area (Å²) in [6.45, 7) is 0.239. The molecule has 0 fully saturated rings. The minimum atomic E-state index is -3.48. The van der Waals surface area contributed by atoms with Crippen molar-refractivity contribution in [3.63, 3.8) is 0 Å². The van der Waals surface area contributed by atoms with Crippen molar-refractivity contribution in [1.29, 1.82) is 0 Å². The monoisotopic (exact) mass is 215 g/mol. The van der Waals surface area contributed by atoms with Gasteiger partial charge in [-0.2, -0.15) is 8.42 Å². The predicted molar refractivity (Wildman–Crippen MR) is 54.1 cm³/mol. The van der Waals surface area contributed by atoms with Crippen molar-refractivity contribution in [2.75, 3.05) is 13.2 Å². The van der Waals surface area contributed by atoms with Crippen molar-refractivity contribution in [1.82, 2.24) is 0 Å². The van der Waals surface area contributed by atoms with Crippen LogP contribution in [-0.4, -0.2) is 21.6 Å². The Morgan fingerprint density at radius 2 is 1.86 bits per heavy atom. The average Bonchev–Trinajstić information content (AvgIpc) is 2.16. The average molecular weight is 215 g/mol. The minimum Gasteiger partial charge on any atom is -0.328 e. The molecule has 0 spiro atoms. The van der Waals surface area contributed by atoms with Gasteiger partial charge < -0.3 is 5.73 Å². The summed E-state index contributed by atoms with van der Waals surface area (Å²) in [5.41, 5.74) is 5.85. The molecule has 1 aromatic rings. The molecule has 4 nitrogen and oxygen atoms in total. The summed E-state index contributed by atoms with van der Waals surface area (Å²) >= 11 is 0. The molecule has 0 aliphatic heterocycles. The fraction of sp³-hybridized carbons (Fsp3) is 0.333. The molecule has 0 unspecified atom stereocenters. The molecule has 1 rings (SSSR count). The van der Waals surface area contributed by atoms with E-state index in [2.05, 4.69) is 4.18 Å². The summed E-state index contributed by atoms with van der Waals surface area (Å²) in [7, 11) is -3.48. The van der Waals surface area contributed by atoms with Crippen LogP contribution in [0.25, 0.3) is 0 Å². The quantitative estimate of drug-likeness (QED) is 0.726. The molecule has 0 aliphatic carbocycles. The summed E-state index contributed by atoms with van der Waals surface area (Å²) in [6, 6.07) is 8.88. The van der Waals surface area contributed by atoms with Gasteiger partial charge in [-0.25, -0.2) is 0 Å². The first-order chi connectivity index (χ1) is 6.64. The van der Waals surface area contributed by atoms with E-state index in [-0.39, 0.29) is 18.9 Å². The molecule has 0 heterocycles. The van der Waals surface area contributed by atoms with Crippen LogP contribution in [0.15, 0.2) is 30.3 Å². The molecule has 0 aromatic heterocycles. The molecule has 0 aliphatic rings. The molecule has 0 saturated heterocycles. The highest BCUT2D eigenvalue weighted by Crippen LogP contribution is 2.06. The Labute approximate surface area is 83.8 Å². The Hall–Kier alpha value is -0.910. The van der Waals surface area contributed by atoms with Crippen LogP contribution in [0, 0.1) is 0 Å². The Balaban J connectivity index is 2.60. The van der Waals surface area contributed by atoms with Gasteiger partial charge in [0.25, 0.3) is 10.1 Å². The number of rotatable bonds is 5. The SMILES string of the molecule is NCCOS(=O)(=O)Cc1ccccc1. The van der Waals surface area contributed by atoms with Crippen LogP contribution in [0.1, 0.15) is 5.56 Å². The zero-order valence-electron chi connectivity index (χ0n) is 7.72. The van der Waals surface area contributed by atoms with Crippen LogP contribution >= 0.6 is 0 Å². The smallest absolute Gasteiger partial charge is 0.271 e. The summed E-state index contributed by atoms with van der Waals surface area (Å²) in [5.74, 6) is -0.103. The first kappa shape index (κ1) is 11.2. The van der Waals surface area contributed by atoms with Crippen LogP contribution in [-0.2, 0) is 20.1 Å². The van der Waals surface area contributed by atoms with Crippen molar-refractivity contribution >= 4 is 10.1 Å². The molecular formula is C9H13NO3S. The molecule has 0 saturated carbocycles. The van der Waals surface area contributed by atoms with Gasteiger partial charge in [0, 0.05) is 6.54 Å². The molecule has 0 atom stereocenters. The second kappa shape index (κ2) is 5.09. The van der Waals surface area contributed by atoms with Crippen molar-refractivity contribution in [3.05, 3.63) is 35.9 Å². The second-order valence-electron chi connectivity index (χ2n) is 2.80. The fourth-order valence-corrected chi connectivity index (χ4v) is 2.03. The Morgan fingerprint density at radius 3 is 2.43 bits per heavy atom. The molecule has 0 radical (unpaired) electrons. The van der Waals surface area contributed by atoms with Gasteiger partial charge in [0.1, 0.15) is 5.75 Å². The van der Waals surface area contributed by atoms with E-state index in [1.807, 2.05) is 6.07 Å². The topological polar surface area (TPSA) is 69.4 Å². The lowest BCUT2D eigenvalue weighted by Gasteiger charge is -2.03. The zero-order valence-corrected chi connectivity index (χ0v) is 8.53. The highest BCUT2D eigenvalue weighted by Gasteiger charge is 2.11. The summed E-state index contributed by atoms with van der Waals surface area (Å²) < 4.78 is 27.2. The fourth-order valence-electron chi connectivity index (χ4n) is 0.995. The third kappa shape index (κ3) is 3.87. The van der Waals surface area contributed by atoms with Crippen LogP contribution in [0.2, 0.25) is 0 Å². The predicted octanol–water partition coefficient (Wildman–Crippen LogP) is 0.492. The van der Waals surface area contributed by atoms with E-state index >= 15 is 0 Å². The number of hydrogen-bond acceptors (Lipinski definition) is 4. The maximum Gasteiger partial charge on any atom is 0.271 e. The van der Waals surface area contributed by atoms with Crippen molar-refractivity contribution in [2.45, 2.75) is 5.75 Å². The second-order valence-corrected chi connectivity index (χ2v) is 4.44. The molecule has 0 bridgehead atoms.